The van der Waals surface area contributed by atoms with Crippen LogP contribution in [-0.4, -0.2) is 18.6 Å². The molecule has 0 bridgehead atoms. The van der Waals surface area contributed by atoms with Crippen molar-refractivity contribution in [1.29, 1.82) is 0 Å². The number of benzene rings is 1. The minimum Gasteiger partial charge on any atom is -0.484 e. The van der Waals surface area contributed by atoms with Crippen LogP contribution in [-0.2, 0) is 11.2 Å². The molecule has 2 aromatic rings. The summed E-state index contributed by atoms with van der Waals surface area (Å²) in [6.07, 6.45) is 5.15. The van der Waals surface area contributed by atoms with Gasteiger partial charge in [0.1, 0.15) is 11.3 Å². The van der Waals surface area contributed by atoms with E-state index in [1.54, 1.807) is 12.1 Å². The molecule has 134 valence electrons. The Balaban J connectivity index is 1.61. The van der Waals surface area contributed by atoms with Crippen LogP contribution in [0.4, 0.5) is 0 Å². The predicted molar refractivity (Wildman–Crippen MR) is 96.9 cm³/mol. The summed E-state index contributed by atoms with van der Waals surface area (Å²) in [4.78, 5) is 23.7. The molecule has 0 atom stereocenters. The summed E-state index contributed by atoms with van der Waals surface area (Å²) in [5.41, 5.74) is 1.07. The van der Waals surface area contributed by atoms with Gasteiger partial charge in [-0.1, -0.05) is 13.8 Å². The molecular formula is C20H25NO4. The van der Waals surface area contributed by atoms with Gasteiger partial charge in [0, 0.05) is 23.6 Å². The van der Waals surface area contributed by atoms with Gasteiger partial charge >= 0.3 is 5.63 Å². The summed E-state index contributed by atoms with van der Waals surface area (Å²) in [7, 11) is 0. The zero-order valence-electron chi connectivity index (χ0n) is 14.8. The van der Waals surface area contributed by atoms with Crippen LogP contribution in [0.1, 0.15) is 45.1 Å². The third-order valence-electron chi connectivity index (χ3n) is 4.93. The van der Waals surface area contributed by atoms with Gasteiger partial charge < -0.3 is 14.5 Å². The maximum Gasteiger partial charge on any atom is 0.336 e. The van der Waals surface area contributed by atoms with Crippen molar-refractivity contribution in [3.63, 3.8) is 0 Å². The van der Waals surface area contributed by atoms with E-state index in [0.29, 0.717) is 11.3 Å². The lowest BCUT2D eigenvalue weighted by Gasteiger charge is -2.26. The van der Waals surface area contributed by atoms with Crippen LogP contribution >= 0.6 is 0 Å². The molecule has 0 saturated heterocycles. The molecule has 5 heteroatoms. The lowest BCUT2D eigenvalue weighted by molar-refractivity contribution is -0.124. The standard InChI is InChI=1S/C20H25NO4/c1-3-14-10-20(23)25-18-11-16(8-9-17(14)18)24-12-19(22)21-15-6-4-13(2)5-7-15/h8-11,13,15H,3-7,12H2,1-2H3,(H,21,22). The fourth-order valence-electron chi connectivity index (χ4n) is 3.42. The molecule has 0 aliphatic heterocycles. The highest BCUT2D eigenvalue weighted by Crippen LogP contribution is 2.24. The first-order valence-corrected chi connectivity index (χ1v) is 9.04. The first-order chi connectivity index (χ1) is 12.0. The van der Waals surface area contributed by atoms with Crippen molar-refractivity contribution in [2.24, 2.45) is 5.92 Å². The Morgan fingerprint density at radius 2 is 2.00 bits per heavy atom. The lowest BCUT2D eigenvalue weighted by atomic mass is 9.87. The van der Waals surface area contributed by atoms with E-state index in [1.165, 1.54) is 6.07 Å². The fourth-order valence-corrected chi connectivity index (χ4v) is 3.42. The number of ether oxygens (including phenoxy) is 1. The Morgan fingerprint density at radius 3 is 2.72 bits per heavy atom. The molecule has 3 rings (SSSR count). The minimum atomic E-state index is -0.370. The van der Waals surface area contributed by atoms with Crippen LogP contribution in [0.5, 0.6) is 5.75 Å². The molecule has 1 fully saturated rings. The molecule has 1 aliphatic carbocycles. The zero-order chi connectivity index (χ0) is 17.8. The Morgan fingerprint density at radius 1 is 1.24 bits per heavy atom. The number of hydrogen-bond donors (Lipinski definition) is 1. The summed E-state index contributed by atoms with van der Waals surface area (Å²) >= 11 is 0. The van der Waals surface area contributed by atoms with Gasteiger partial charge in [-0.3, -0.25) is 4.79 Å². The number of fused-ring (bicyclic) bond motifs is 1. The predicted octanol–water partition coefficient (Wildman–Crippen LogP) is 3.43. The zero-order valence-corrected chi connectivity index (χ0v) is 14.8. The molecule has 1 aliphatic rings. The second-order valence-electron chi connectivity index (χ2n) is 6.92. The molecule has 1 heterocycles. The highest BCUT2D eigenvalue weighted by molar-refractivity contribution is 5.82. The van der Waals surface area contributed by atoms with Crippen molar-refractivity contribution in [1.82, 2.24) is 5.32 Å². The van der Waals surface area contributed by atoms with Gasteiger partial charge in [0.2, 0.25) is 0 Å². The Hall–Kier alpha value is -2.30. The Bertz CT molecular complexity index is 803. The quantitative estimate of drug-likeness (QED) is 0.845. The van der Waals surface area contributed by atoms with E-state index in [-0.39, 0.29) is 24.2 Å². The summed E-state index contributed by atoms with van der Waals surface area (Å²) < 4.78 is 10.8. The topological polar surface area (TPSA) is 68.5 Å². The first kappa shape index (κ1) is 17.5. The smallest absolute Gasteiger partial charge is 0.336 e. The first-order valence-electron chi connectivity index (χ1n) is 9.04. The molecular weight excluding hydrogens is 318 g/mol. The van der Waals surface area contributed by atoms with E-state index in [1.807, 2.05) is 13.0 Å². The normalized spacial score (nSPS) is 20.4. The van der Waals surface area contributed by atoms with E-state index >= 15 is 0 Å². The highest BCUT2D eigenvalue weighted by atomic mass is 16.5. The molecule has 1 N–H and O–H groups in total. The van der Waals surface area contributed by atoms with Gasteiger partial charge in [-0.05, 0) is 55.7 Å². The van der Waals surface area contributed by atoms with Crippen molar-refractivity contribution in [3.8, 4) is 5.75 Å². The summed E-state index contributed by atoms with van der Waals surface area (Å²) in [5, 5.41) is 3.94. The molecule has 1 amide bonds. The molecule has 0 spiro atoms. The van der Waals surface area contributed by atoms with E-state index < -0.39 is 0 Å². The third-order valence-corrected chi connectivity index (χ3v) is 4.93. The van der Waals surface area contributed by atoms with Gasteiger partial charge in [-0.2, -0.15) is 0 Å². The van der Waals surface area contributed by atoms with E-state index in [2.05, 4.69) is 12.2 Å². The summed E-state index contributed by atoms with van der Waals surface area (Å²) in [6, 6.07) is 7.12. The van der Waals surface area contributed by atoms with Gasteiger partial charge in [-0.15, -0.1) is 0 Å². The van der Waals surface area contributed by atoms with Crippen molar-refractivity contribution in [2.45, 2.75) is 52.0 Å². The number of carbonyl (C=O) groups excluding carboxylic acids is 1. The van der Waals surface area contributed by atoms with Gasteiger partial charge in [0.05, 0.1) is 0 Å². The maximum absolute atomic E-state index is 12.1. The van der Waals surface area contributed by atoms with E-state index in [4.69, 9.17) is 9.15 Å². The minimum absolute atomic E-state index is 0.0325. The van der Waals surface area contributed by atoms with Gasteiger partial charge in [0.15, 0.2) is 6.61 Å². The summed E-state index contributed by atoms with van der Waals surface area (Å²) in [5.74, 6) is 1.17. The van der Waals surface area contributed by atoms with E-state index in [0.717, 1.165) is 49.0 Å². The molecule has 1 saturated carbocycles. The molecule has 1 aromatic heterocycles. The van der Waals surface area contributed by atoms with E-state index in [9.17, 15) is 9.59 Å². The van der Waals surface area contributed by atoms with Gasteiger partial charge in [0.25, 0.3) is 5.91 Å². The Kier molecular flexibility index (Phi) is 5.41. The van der Waals surface area contributed by atoms with Gasteiger partial charge in [-0.25, -0.2) is 4.79 Å². The third kappa shape index (κ3) is 4.41. The molecule has 1 aromatic carbocycles. The fraction of sp³-hybridized carbons (Fsp3) is 0.500. The second-order valence-corrected chi connectivity index (χ2v) is 6.92. The molecule has 0 radical (unpaired) electrons. The summed E-state index contributed by atoms with van der Waals surface area (Å²) in [6.45, 7) is 4.22. The van der Waals surface area contributed by atoms with Crippen LogP contribution in [0.25, 0.3) is 11.0 Å². The number of rotatable bonds is 5. The highest BCUT2D eigenvalue weighted by Gasteiger charge is 2.19. The lowest BCUT2D eigenvalue weighted by Crippen LogP contribution is -2.39. The number of nitrogens with one attached hydrogen (secondary N) is 1. The van der Waals surface area contributed by atoms with Crippen molar-refractivity contribution < 1.29 is 13.9 Å². The van der Waals surface area contributed by atoms with Crippen LogP contribution in [0.15, 0.2) is 33.5 Å². The SMILES string of the molecule is CCc1cc(=O)oc2cc(OCC(=O)NC3CCC(C)CC3)ccc12. The molecule has 25 heavy (non-hydrogen) atoms. The van der Waals surface area contributed by atoms with Crippen molar-refractivity contribution in [2.75, 3.05) is 6.61 Å². The van der Waals surface area contributed by atoms with Crippen LogP contribution in [0.2, 0.25) is 0 Å². The average Bonchev–Trinajstić information content (AvgIpc) is 2.60. The monoisotopic (exact) mass is 343 g/mol. The Labute approximate surface area is 147 Å². The van der Waals surface area contributed by atoms with Crippen LogP contribution in [0.3, 0.4) is 0 Å². The van der Waals surface area contributed by atoms with Crippen LogP contribution < -0.4 is 15.7 Å². The largest absolute Gasteiger partial charge is 0.484 e. The number of hydrogen-bond acceptors (Lipinski definition) is 4. The van der Waals surface area contributed by atoms with Crippen molar-refractivity contribution in [3.05, 3.63) is 40.2 Å². The van der Waals surface area contributed by atoms with Crippen LogP contribution in [0, 0.1) is 5.92 Å². The molecule has 5 nitrogen and oxygen atoms in total. The number of amides is 1. The number of carbonyl (C=O) groups is 1. The van der Waals surface area contributed by atoms with Crippen molar-refractivity contribution >= 4 is 16.9 Å². The average molecular weight is 343 g/mol. The maximum atomic E-state index is 12.1. The molecule has 0 unspecified atom stereocenters. The second kappa shape index (κ2) is 7.72. The number of aryl methyl sites for hydroxylation is 1.